The zero-order valence-corrected chi connectivity index (χ0v) is 19.5. The molecular weight excluding hydrogens is 423 g/mol. The van der Waals surface area contributed by atoms with Gasteiger partial charge in [0.25, 0.3) is 0 Å². The van der Waals surface area contributed by atoms with Crippen LogP contribution in [0.25, 0.3) is 5.57 Å². The van der Waals surface area contributed by atoms with Crippen molar-refractivity contribution in [3.8, 4) is 0 Å². The van der Waals surface area contributed by atoms with Crippen LogP contribution >= 0.6 is 0 Å². The van der Waals surface area contributed by atoms with Crippen molar-refractivity contribution in [1.29, 1.82) is 0 Å². The van der Waals surface area contributed by atoms with Crippen molar-refractivity contribution in [2.75, 3.05) is 0 Å². The van der Waals surface area contributed by atoms with Gasteiger partial charge in [0.2, 0.25) is 0 Å². The number of allylic oxidation sites excluding steroid dienone is 4. The van der Waals surface area contributed by atoms with Gasteiger partial charge in [-0.3, -0.25) is 0 Å². The molecule has 0 aromatic heterocycles. The van der Waals surface area contributed by atoms with Crippen molar-refractivity contribution in [3.63, 3.8) is 0 Å². The monoisotopic (exact) mass is 442 g/mol. The maximum atomic E-state index is 3.75. The molecule has 25 heavy (non-hydrogen) atoms. The van der Waals surface area contributed by atoms with Crippen LogP contribution in [0, 0.1) is 6.08 Å². The van der Waals surface area contributed by atoms with Crippen molar-refractivity contribution in [2.24, 2.45) is 0 Å². The van der Waals surface area contributed by atoms with Gasteiger partial charge in [-0.15, -0.1) is 22.9 Å². The molecule has 0 atom stereocenters. The summed E-state index contributed by atoms with van der Waals surface area (Å²) in [5.74, 6) is 0. The van der Waals surface area contributed by atoms with E-state index in [1.54, 1.807) is 10.8 Å². The number of hydrogen-bond acceptors (Lipinski definition) is 0. The van der Waals surface area contributed by atoms with Gasteiger partial charge >= 0.3 is 21.7 Å². The first-order valence-electron chi connectivity index (χ1n) is 7.80. The van der Waals surface area contributed by atoms with E-state index in [0.29, 0.717) is 0 Å². The van der Waals surface area contributed by atoms with E-state index >= 15 is 0 Å². The Morgan fingerprint density at radius 2 is 1.44 bits per heavy atom. The van der Waals surface area contributed by atoms with Crippen LogP contribution in [-0.4, -0.2) is 9.52 Å². The summed E-state index contributed by atoms with van der Waals surface area (Å²) in [4.78, 5) is 0. The van der Waals surface area contributed by atoms with E-state index in [4.69, 9.17) is 0 Å². The summed E-state index contributed by atoms with van der Waals surface area (Å²) in [6.07, 6.45) is 7.31. The first-order chi connectivity index (χ1) is 10.4. The molecule has 0 aliphatic heterocycles. The van der Waals surface area contributed by atoms with Gasteiger partial charge in [0.15, 0.2) is 0 Å². The van der Waals surface area contributed by atoms with E-state index < -0.39 is 0 Å². The molecule has 1 aliphatic carbocycles. The van der Waals surface area contributed by atoms with Crippen LogP contribution in [0.15, 0.2) is 71.4 Å². The molecule has 3 rings (SSSR count). The third-order valence-electron chi connectivity index (χ3n) is 3.96. The van der Waals surface area contributed by atoms with Crippen LogP contribution in [0.5, 0.6) is 0 Å². The first kappa shape index (κ1) is 26.9. The Morgan fingerprint density at radius 1 is 0.880 bits per heavy atom. The number of halogens is 3. The Hall–Kier alpha value is -0.279. The molecule has 0 unspecified atom stereocenters. The van der Waals surface area contributed by atoms with Gasteiger partial charge in [-0.25, -0.2) is 0 Å². The molecule has 0 N–H and O–H groups in total. The molecule has 2 aromatic carbocycles. The molecule has 2 aromatic rings. The Labute approximate surface area is 187 Å². The Bertz CT molecular complexity index is 670. The topological polar surface area (TPSA) is 0 Å². The van der Waals surface area contributed by atoms with Crippen molar-refractivity contribution < 1.29 is 58.9 Å². The Balaban J connectivity index is 0. The van der Waals surface area contributed by atoms with Crippen LogP contribution < -0.4 is 42.4 Å². The fourth-order valence-electron chi connectivity index (χ4n) is 3.00. The molecular formula is C20H21Cl3SiTi. The second kappa shape index (κ2) is 13.9. The summed E-state index contributed by atoms with van der Waals surface area (Å²) < 4.78 is 0. The Morgan fingerprint density at radius 3 is 2.00 bits per heavy atom. The van der Waals surface area contributed by atoms with Gasteiger partial charge in [-0.05, 0) is 0 Å². The molecule has 0 bridgehead atoms. The summed E-state index contributed by atoms with van der Waals surface area (Å²) in [6.45, 7) is 2.27. The maximum Gasteiger partial charge on any atom is 4.00 e. The second-order valence-electron chi connectivity index (χ2n) is 5.66. The van der Waals surface area contributed by atoms with Crippen molar-refractivity contribution in [1.82, 2.24) is 0 Å². The predicted molar refractivity (Wildman–Crippen MR) is 94.3 cm³/mol. The molecule has 5 heteroatoms. The van der Waals surface area contributed by atoms with Gasteiger partial charge in [-0.2, -0.15) is 17.2 Å². The van der Waals surface area contributed by atoms with Crippen LogP contribution in [0.4, 0.5) is 0 Å². The minimum absolute atomic E-state index is 0. The van der Waals surface area contributed by atoms with E-state index in [-0.39, 0.29) is 68.5 Å². The van der Waals surface area contributed by atoms with E-state index in [1.165, 1.54) is 29.2 Å². The van der Waals surface area contributed by atoms with Gasteiger partial charge in [0.1, 0.15) is 0 Å². The number of hydrogen-bond donors (Lipinski definition) is 0. The molecule has 0 saturated heterocycles. The van der Waals surface area contributed by atoms with Crippen molar-refractivity contribution >= 4 is 20.3 Å². The molecule has 0 nitrogen and oxygen atoms in total. The van der Waals surface area contributed by atoms with Crippen molar-refractivity contribution in [3.05, 3.63) is 83.1 Å². The Kier molecular flexibility index (Phi) is 14.9. The standard InChI is InChI=1S/C20H21Si.3ClH.Ti/c1-2-9-17-14-19(21-18-12-7-4-8-13-18)15-20(17)16-10-5-3-6-11-16;;;;/h3-8,10-13H,2,9,14,21H2,1H3;3*1H;/q-1;;;;+4/p-3. The quantitative estimate of drug-likeness (QED) is 0.320. The fourth-order valence-corrected chi connectivity index (χ4v) is 4.69. The SMILES string of the molecule is CCCC1=C(c2ccccc2)[C-]=C([SiH2]c2ccccc2)C1.[Cl-].[Cl-].[Cl-].[Ti+4]. The molecule has 0 heterocycles. The minimum Gasteiger partial charge on any atom is -1.00 e. The van der Waals surface area contributed by atoms with Crippen LogP contribution in [0.3, 0.4) is 0 Å². The van der Waals surface area contributed by atoms with Crippen LogP contribution in [0.1, 0.15) is 31.7 Å². The van der Waals surface area contributed by atoms with Gasteiger partial charge in [-0.1, -0.05) is 79.9 Å². The summed E-state index contributed by atoms with van der Waals surface area (Å²) in [5, 5.41) is 3.08. The smallest absolute Gasteiger partial charge is 1.00 e. The largest absolute Gasteiger partial charge is 4.00 e. The zero-order valence-electron chi connectivity index (χ0n) is 14.2. The normalized spacial score (nSPS) is 12.6. The predicted octanol–water partition coefficient (Wildman–Crippen LogP) is -5.17. The number of rotatable bonds is 5. The summed E-state index contributed by atoms with van der Waals surface area (Å²) in [7, 11) is -0.357. The molecule has 0 fully saturated rings. The van der Waals surface area contributed by atoms with E-state index in [0.717, 1.165) is 6.42 Å². The minimum atomic E-state index is -0.357. The van der Waals surface area contributed by atoms with Crippen LogP contribution in [0.2, 0.25) is 0 Å². The summed E-state index contributed by atoms with van der Waals surface area (Å²) >= 11 is 0. The average Bonchev–Trinajstić information content (AvgIpc) is 2.92. The number of benzene rings is 2. The zero-order chi connectivity index (χ0) is 14.5. The molecule has 0 spiro atoms. The van der Waals surface area contributed by atoms with Gasteiger partial charge in [0, 0.05) is 0 Å². The van der Waals surface area contributed by atoms with E-state index in [9.17, 15) is 0 Å². The third kappa shape index (κ3) is 7.46. The first-order valence-corrected chi connectivity index (χ1v) is 9.21. The van der Waals surface area contributed by atoms with Crippen LogP contribution in [-0.2, 0) is 21.7 Å². The third-order valence-corrected chi connectivity index (χ3v) is 5.69. The molecule has 1 aliphatic rings. The van der Waals surface area contributed by atoms with Gasteiger partial charge in [0.05, 0.1) is 9.52 Å². The van der Waals surface area contributed by atoms with Gasteiger partial charge < -0.3 is 37.2 Å². The molecule has 0 radical (unpaired) electrons. The summed E-state index contributed by atoms with van der Waals surface area (Å²) in [6, 6.07) is 21.7. The summed E-state index contributed by atoms with van der Waals surface area (Å²) in [5.41, 5.74) is 4.29. The molecule has 130 valence electrons. The fraction of sp³-hybridized carbons (Fsp3) is 0.200. The average molecular weight is 444 g/mol. The molecule has 0 saturated carbocycles. The second-order valence-corrected chi connectivity index (χ2v) is 7.69. The molecule has 0 amide bonds. The van der Waals surface area contributed by atoms with E-state index in [1.807, 2.05) is 0 Å². The maximum absolute atomic E-state index is 3.75. The van der Waals surface area contributed by atoms with E-state index in [2.05, 4.69) is 73.7 Å². The van der Waals surface area contributed by atoms with Crippen molar-refractivity contribution in [2.45, 2.75) is 26.2 Å².